The van der Waals surface area contributed by atoms with Crippen molar-refractivity contribution in [2.45, 2.75) is 82.6 Å². The van der Waals surface area contributed by atoms with Crippen LogP contribution in [0.1, 0.15) is 57.4 Å². The average molecular weight is 682 g/mol. The van der Waals surface area contributed by atoms with Gasteiger partial charge in [-0.05, 0) is 74.6 Å². The fourth-order valence-electron chi connectivity index (χ4n) is 5.89. The minimum absolute atomic E-state index is 0.0337. The van der Waals surface area contributed by atoms with E-state index in [-0.39, 0.29) is 37.2 Å². The summed E-state index contributed by atoms with van der Waals surface area (Å²) < 4.78 is 15.9. The lowest BCUT2D eigenvalue weighted by atomic mass is 9.90. The van der Waals surface area contributed by atoms with Crippen LogP contribution in [0.2, 0.25) is 0 Å². The summed E-state index contributed by atoms with van der Waals surface area (Å²) in [5, 5.41) is 13.5. The molecule has 1 aromatic carbocycles. The van der Waals surface area contributed by atoms with E-state index < -0.39 is 42.1 Å². The van der Waals surface area contributed by atoms with E-state index in [1.165, 1.54) is 19.3 Å². The fraction of sp³-hybridized carbons (Fsp3) is 0.588. The van der Waals surface area contributed by atoms with Gasteiger partial charge in [0.1, 0.15) is 12.1 Å². The molecule has 6 atom stereocenters. The minimum Gasteiger partial charge on any atom is -0.467 e. The van der Waals surface area contributed by atoms with E-state index in [1.54, 1.807) is 0 Å². The zero-order chi connectivity index (χ0) is 33.5. The number of hydrogen-bond donors (Lipinski definition) is 2. The van der Waals surface area contributed by atoms with Gasteiger partial charge >= 0.3 is 17.9 Å². The summed E-state index contributed by atoms with van der Waals surface area (Å²) in [6.45, 7) is 3.14. The van der Waals surface area contributed by atoms with Gasteiger partial charge in [0.2, 0.25) is 5.91 Å². The molecule has 0 spiro atoms. The number of rotatable bonds is 13. The van der Waals surface area contributed by atoms with Crippen LogP contribution in [-0.4, -0.2) is 85.2 Å². The Morgan fingerprint density at radius 2 is 1.80 bits per heavy atom. The number of hydrogen-bond acceptors (Lipinski definition) is 9. The van der Waals surface area contributed by atoms with Crippen LogP contribution in [0, 0.1) is 11.8 Å². The molecule has 1 aliphatic carbocycles. The van der Waals surface area contributed by atoms with Gasteiger partial charge in [0.05, 0.1) is 25.7 Å². The number of nitrogens with zero attached hydrogens (tertiary/aromatic N) is 1. The second-order valence-electron chi connectivity index (χ2n) is 11.7. The molecule has 46 heavy (non-hydrogen) atoms. The number of carbonyl (C=O) groups excluding carboxylic acids is 4. The molecule has 10 nitrogen and oxygen atoms in total. The Morgan fingerprint density at radius 1 is 1.09 bits per heavy atom. The number of cyclic esters (lactones) is 1. The maximum atomic E-state index is 12.8. The Hall–Kier alpha value is -3.08. The first-order valence-electron chi connectivity index (χ1n) is 15.9. The predicted molar refractivity (Wildman–Crippen MR) is 177 cm³/mol. The van der Waals surface area contributed by atoms with E-state index in [9.17, 15) is 24.3 Å². The van der Waals surface area contributed by atoms with Crippen LogP contribution in [0.15, 0.2) is 48.6 Å². The molecule has 1 heterocycles. The van der Waals surface area contributed by atoms with Crippen molar-refractivity contribution in [3.8, 4) is 0 Å². The summed E-state index contributed by atoms with van der Waals surface area (Å²) in [6.07, 6.45) is 8.53. The molecule has 2 N–H and O–H groups in total. The van der Waals surface area contributed by atoms with Crippen LogP contribution in [0.5, 0.6) is 0 Å². The third-order valence-electron chi connectivity index (χ3n) is 8.30. The molecule has 0 unspecified atom stereocenters. The SMILES string of the molecule is COC(=O)[C@H](Cc1ccc(N(CCCl)CCCl)cc1)NC(=O)CCC(=O)O[C@@H]1C[C@H]2[C@H](O)/C=C/C(=O)O[C@@H](C)CCC/C=C/[C@@H]2C1. The second kappa shape index (κ2) is 19.6. The monoisotopic (exact) mass is 680 g/mol. The summed E-state index contributed by atoms with van der Waals surface area (Å²) in [4.78, 5) is 52.1. The van der Waals surface area contributed by atoms with Crippen molar-refractivity contribution in [3.63, 3.8) is 0 Å². The van der Waals surface area contributed by atoms with Crippen LogP contribution < -0.4 is 10.2 Å². The predicted octanol–water partition coefficient (Wildman–Crippen LogP) is 4.48. The molecule has 1 aliphatic heterocycles. The number of esters is 3. The number of alkyl halides is 2. The van der Waals surface area contributed by atoms with Crippen molar-refractivity contribution >= 4 is 52.7 Å². The highest BCUT2D eigenvalue weighted by molar-refractivity contribution is 6.18. The van der Waals surface area contributed by atoms with Crippen molar-refractivity contribution in [2.75, 3.05) is 36.9 Å². The number of nitrogens with one attached hydrogen (secondary N) is 1. The van der Waals surface area contributed by atoms with Crippen LogP contribution >= 0.6 is 23.2 Å². The maximum Gasteiger partial charge on any atom is 0.330 e. The van der Waals surface area contributed by atoms with Crippen molar-refractivity contribution in [3.05, 3.63) is 54.1 Å². The minimum atomic E-state index is -0.931. The lowest BCUT2D eigenvalue weighted by Gasteiger charge is -2.23. The summed E-state index contributed by atoms with van der Waals surface area (Å²) >= 11 is 11.8. The van der Waals surface area contributed by atoms with Gasteiger partial charge in [0.25, 0.3) is 0 Å². The van der Waals surface area contributed by atoms with E-state index in [0.717, 1.165) is 30.5 Å². The van der Waals surface area contributed by atoms with E-state index in [4.69, 9.17) is 37.4 Å². The molecule has 0 radical (unpaired) electrons. The number of amides is 1. The largest absolute Gasteiger partial charge is 0.467 e. The van der Waals surface area contributed by atoms with E-state index in [1.807, 2.05) is 31.2 Å². The van der Waals surface area contributed by atoms with Crippen LogP contribution in [0.3, 0.4) is 0 Å². The topological polar surface area (TPSA) is 131 Å². The van der Waals surface area contributed by atoms with Gasteiger partial charge < -0.3 is 29.5 Å². The Kier molecular flexibility index (Phi) is 15.9. The van der Waals surface area contributed by atoms with E-state index >= 15 is 0 Å². The number of benzene rings is 1. The molecule has 1 fully saturated rings. The van der Waals surface area contributed by atoms with Crippen molar-refractivity contribution in [1.29, 1.82) is 0 Å². The molecule has 12 heteroatoms. The Bertz CT molecular complexity index is 1200. The number of methoxy groups -OCH3 is 1. The van der Waals surface area contributed by atoms with Crippen LogP contribution in [0.25, 0.3) is 0 Å². The molecule has 0 saturated heterocycles. The van der Waals surface area contributed by atoms with Gasteiger partial charge in [-0.3, -0.25) is 9.59 Å². The van der Waals surface area contributed by atoms with Crippen molar-refractivity contribution < 1.29 is 38.5 Å². The standard InChI is InChI=1S/C34H46Cl2N2O8/c1-23-6-4-3-5-7-25-21-27(22-28(25)30(39)12-14-32(41)45-23)46-33(42)15-13-31(40)37-29(34(43)44-2)20-24-8-10-26(11-9-24)38(18-16-35)19-17-36/h5,7-12,14,23,25,27-30,39H,3-4,6,13,15-22H2,1-2H3,(H,37,40)/b7-5+,14-12+/t23-,25+,27-,28+,29-,30+/m0/s1. The number of anilines is 1. The van der Waals surface area contributed by atoms with Gasteiger partial charge in [-0.1, -0.05) is 24.3 Å². The van der Waals surface area contributed by atoms with Crippen molar-refractivity contribution in [2.24, 2.45) is 11.8 Å². The van der Waals surface area contributed by atoms with E-state index in [2.05, 4.69) is 22.4 Å². The number of carbonyl (C=O) groups is 4. The summed E-state index contributed by atoms with van der Waals surface area (Å²) in [5.74, 6) is -1.45. The Labute approximate surface area is 281 Å². The van der Waals surface area contributed by atoms with Crippen molar-refractivity contribution in [1.82, 2.24) is 5.32 Å². The van der Waals surface area contributed by atoms with Gasteiger partial charge in [-0.15, -0.1) is 23.2 Å². The third kappa shape index (κ3) is 12.3. The molecular formula is C34H46Cl2N2O8. The Balaban J connectivity index is 1.52. The third-order valence-corrected chi connectivity index (χ3v) is 8.63. The normalized spacial score (nSPS) is 25.3. The molecule has 0 bridgehead atoms. The molecule has 3 rings (SSSR count). The number of halogens is 2. The molecule has 0 aromatic heterocycles. The molecular weight excluding hydrogens is 635 g/mol. The van der Waals surface area contributed by atoms with E-state index in [0.29, 0.717) is 37.7 Å². The number of fused-ring (bicyclic) bond motifs is 1. The highest BCUT2D eigenvalue weighted by Gasteiger charge is 2.38. The van der Waals surface area contributed by atoms with Gasteiger partial charge in [0.15, 0.2) is 0 Å². The molecule has 2 aliphatic rings. The van der Waals surface area contributed by atoms with Crippen LogP contribution in [0.4, 0.5) is 5.69 Å². The molecule has 1 aromatic rings. The first-order valence-corrected chi connectivity index (χ1v) is 17.0. The first-order chi connectivity index (χ1) is 22.1. The smallest absolute Gasteiger partial charge is 0.330 e. The second-order valence-corrected chi connectivity index (χ2v) is 12.5. The van der Waals surface area contributed by atoms with Crippen LogP contribution in [-0.2, 0) is 39.8 Å². The maximum absolute atomic E-state index is 12.8. The number of allylic oxidation sites excluding steroid dienone is 2. The van der Waals surface area contributed by atoms with Gasteiger partial charge in [0, 0.05) is 49.5 Å². The lowest BCUT2D eigenvalue weighted by Crippen LogP contribution is -2.43. The number of ether oxygens (including phenoxy) is 3. The summed E-state index contributed by atoms with van der Waals surface area (Å²) in [5.41, 5.74) is 1.76. The molecule has 1 saturated carbocycles. The average Bonchev–Trinajstić information content (AvgIpc) is 3.44. The lowest BCUT2D eigenvalue weighted by molar-refractivity contribution is -0.150. The zero-order valence-corrected chi connectivity index (χ0v) is 28.1. The zero-order valence-electron chi connectivity index (χ0n) is 26.6. The summed E-state index contributed by atoms with van der Waals surface area (Å²) in [6, 6.07) is 6.64. The fourth-order valence-corrected chi connectivity index (χ4v) is 6.30. The number of aliphatic hydroxyl groups excluding tert-OH is 1. The molecule has 254 valence electrons. The van der Waals surface area contributed by atoms with Gasteiger partial charge in [-0.25, -0.2) is 9.59 Å². The quantitative estimate of drug-likeness (QED) is 0.134. The summed E-state index contributed by atoms with van der Waals surface area (Å²) in [7, 11) is 1.25. The highest BCUT2D eigenvalue weighted by Crippen LogP contribution is 2.38. The first kappa shape index (κ1) is 37.4. The molecule has 1 amide bonds. The number of aliphatic hydroxyl groups is 1. The Morgan fingerprint density at radius 3 is 2.48 bits per heavy atom. The van der Waals surface area contributed by atoms with Gasteiger partial charge in [-0.2, -0.15) is 0 Å². The highest BCUT2D eigenvalue weighted by atomic mass is 35.5.